The van der Waals surface area contributed by atoms with Crippen LogP contribution < -0.4 is 0 Å². The van der Waals surface area contributed by atoms with E-state index in [-0.39, 0.29) is 0 Å². The smallest absolute Gasteiger partial charge is 0.142 e. The Kier molecular flexibility index (Phi) is 7.62. The molecule has 0 saturated heterocycles. The minimum Gasteiger partial charge on any atom is -0.299 e. The summed E-state index contributed by atoms with van der Waals surface area (Å²) in [6.07, 6.45) is 10.6. The third-order valence-electron chi connectivity index (χ3n) is 5.37. The number of hydrogen-bond donors (Lipinski definition) is 0. The summed E-state index contributed by atoms with van der Waals surface area (Å²) in [6.45, 7) is 13.0. The Morgan fingerprint density at radius 3 is 2.55 bits per heavy atom. The van der Waals surface area contributed by atoms with Crippen molar-refractivity contribution in [3.63, 3.8) is 0 Å². The summed E-state index contributed by atoms with van der Waals surface area (Å²) in [4.78, 5) is 10.6. The van der Waals surface area contributed by atoms with Gasteiger partial charge in [0.25, 0.3) is 0 Å². The molecule has 1 saturated carbocycles. The van der Waals surface area contributed by atoms with Crippen LogP contribution in [0.2, 0.25) is 0 Å². The summed E-state index contributed by atoms with van der Waals surface area (Å²) in [5, 5.41) is 0. The van der Waals surface area contributed by atoms with Crippen molar-refractivity contribution in [3.05, 3.63) is 35.5 Å². The molecular formula is C20H31ClO. The number of carbonyl (C=O) groups is 1. The van der Waals surface area contributed by atoms with Crippen molar-refractivity contribution in [1.29, 1.82) is 0 Å². The summed E-state index contributed by atoms with van der Waals surface area (Å²) in [7, 11) is 0. The highest BCUT2D eigenvalue weighted by Gasteiger charge is 2.43. The highest BCUT2D eigenvalue weighted by Crippen LogP contribution is 2.53. The standard InChI is InChI=1S/C20H31ClO/c1-15(2)18-9-12-20(5,11-8-17(4)14-21)19(18)7-6-16(3)10-13-22/h8,10,13,18-19H,1,6-7,9,11-12,14H2,2-5H3/b16-10+,17-8+/t18-,19-,20-/m0/s1. The predicted molar refractivity (Wildman–Crippen MR) is 97.3 cm³/mol. The van der Waals surface area contributed by atoms with Crippen LogP contribution in [-0.2, 0) is 4.79 Å². The molecule has 1 nitrogen and oxygen atoms in total. The first-order chi connectivity index (χ1) is 10.3. The number of aldehydes is 1. The maximum Gasteiger partial charge on any atom is 0.142 e. The predicted octanol–water partition coefficient (Wildman–Crippen LogP) is 6.10. The highest BCUT2D eigenvalue weighted by molar-refractivity contribution is 6.19. The van der Waals surface area contributed by atoms with Crippen molar-refractivity contribution >= 4 is 17.9 Å². The van der Waals surface area contributed by atoms with Gasteiger partial charge in [0.1, 0.15) is 6.29 Å². The molecule has 1 rings (SSSR count). The van der Waals surface area contributed by atoms with E-state index in [2.05, 4.69) is 33.4 Å². The van der Waals surface area contributed by atoms with E-state index in [1.165, 1.54) is 29.6 Å². The number of hydrogen-bond acceptors (Lipinski definition) is 1. The zero-order chi connectivity index (χ0) is 16.8. The summed E-state index contributed by atoms with van der Waals surface area (Å²) >= 11 is 5.91. The van der Waals surface area contributed by atoms with E-state index in [1.54, 1.807) is 6.08 Å². The minimum absolute atomic E-state index is 0.318. The van der Waals surface area contributed by atoms with Gasteiger partial charge in [-0.05, 0) is 76.2 Å². The SMILES string of the molecule is C=C(C)[C@@H]1CC[C@](C)(C/C=C(\C)CCl)[C@H]1CC/C(C)=C/C=O. The number of alkyl halides is 1. The molecule has 1 aliphatic rings. The lowest BCUT2D eigenvalue weighted by Crippen LogP contribution is -2.25. The first kappa shape index (κ1) is 19.2. The van der Waals surface area contributed by atoms with Gasteiger partial charge in [0.2, 0.25) is 0 Å². The van der Waals surface area contributed by atoms with Crippen molar-refractivity contribution < 1.29 is 4.79 Å². The average Bonchev–Trinajstić information content (AvgIpc) is 2.80. The van der Waals surface area contributed by atoms with E-state index in [0.717, 1.165) is 25.5 Å². The largest absolute Gasteiger partial charge is 0.299 e. The van der Waals surface area contributed by atoms with E-state index in [1.807, 2.05) is 6.92 Å². The molecular weight excluding hydrogens is 292 g/mol. The molecule has 124 valence electrons. The fraction of sp³-hybridized carbons (Fsp3) is 0.650. The minimum atomic E-state index is 0.318. The van der Waals surface area contributed by atoms with Crippen LogP contribution in [0.5, 0.6) is 0 Å². The third-order valence-corrected chi connectivity index (χ3v) is 5.79. The van der Waals surface area contributed by atoms with Gasteiger partial charge in [-0.25, -0.2) is 0 Å². The van der Waals surface area contributed by atoms with Crippen LogP contribution in [0.1, 0.15) is 59.8 Å². The second kappa shape index (κ2) is 8.72. The van der Waals surface area contributed by atoms with Crippen molar-refractivity contribution in [1.82, 2.24) is 0 Å². The Balaban J connectivity index is 2.87. The molecule has 0 aliphatic heterocycles. The molecule has 0 spiro atoms. The van der Waals surface area contributed by atoms with Crippen molar-refractivity contribution in [2.24, 2.45) is 17.3 Å². The summed E-state index contributed by atoms with van der Waals surface area (Å²) < 4.78 is 0. The van der Waals surface area contributed by atoms with Crippen LogP contribution in [0.4, 0.5) is 0 Å². The molecule has 0 aromatic heterocycles. The summed E-state index contributed by atoms with van der Waals surface area (Å²) in [5.74, 6) is 1.87. The maximum atomic E-state index is 10.6. The van der Waals surface area contributed by atoms with Crippen LogP contribution in [0, 0.1) is 17.3 Å². The van der Waals surface area contributed by atoms with Crippen LogP contribution in [-0.4, -0.2) is 12.2 Å². The second-order valence-electron chi connectivity index (χ2n) is 7.33. The van der Waals surface area contributed by atoms with Gasteiger partial charge < -0.3 is 0 Å². The van der Waals surface area contributed by atoms with Crippen LogP contribution in [0.3, 0.4) is 0 Å². The number of halogens is 1. The van der Waals surface area contributed by atoms with Gasteiger partial charge in [-0.15, -0.1) is 11.6 Å². The van der Waals surface area contributed by atoms with Crippen molar-refractivity contribution in [2.45, 2.75) is 59.8 Å². The molecule has 0 aromatic carbocycles. The van der Waals surface area contributed by atoms with Crippen LogP contribution in [0.25, 0.3) is 0 Å². The van der Waals surface area contributed by atoms with Gasteiger partial charge in [0.15, 0.2) is 0 Å². The lowest BCUT2D eigenvalue weighted by molar-refractivity contribution is -0.104. The Morgan fingerprint density at radius 1 is 1.32 bits per heavy atom. The first-order valence-corrected chi connectivity index (χ1v) is 8.85. The van der Waals surface area contributed by atoms with Crippen LogP contribution in [0.15, 0.2) is 35.5 Å². The molecule has 0 aromatic rings. The molecule has 0 unspecified atom stereocenters. The average molecular weight is 323 g/mol. The zero-order valence-electron chi connectivity index (χ0n) is 14.6. The molecule has 0 amide bonds. The van der Waals surface area contributed by atoms with Gasteiger partial charge in [0, 0.05) is 5.88 Å². The fourth-order valence-corrected chi connectivity index (χ4v) is 3.90. The molecule has 1 fully saturated rings. The third kappa shape index (κ3) is 5.12. The van der Waals surface area contributed by atoms with E-state index in [9.17, 15) is 4.79 Å². The van der Waals surface area contributed by atoms with Gasteiger partial charge in [-0.1, -0.05) is 36.3 Å². The summed E-state index contributed by atoms with van der Waals surface area (Å²) in [5.41, 5.74) is 4.07. The van der Waals surface area contributed by atoms with Gasteiger partial charge >= 0.3 is 0 Å². The highest BCUT2D eigenvalue weighted by atomic mass is 35.5. The van der Waals surface area contributed by atoms with E-state index in [0.29, 0.717) is 23.1 Å². The summed E-state index contributed by atoms with van der Waals surface area (Å²) in [6, 6.07) is 0. The Bertz CT molecular complexity index is 460. The van der Waals surface area contributed by atoms with E-state index < -0.39 is 0 Å². The van der Waals surface area contributed by atoms with Crippen molar-refractivity contribution in [2.75, 3.05) is 5.88 Å². The Hall–Kier alpha value is -0.820. The quantitative estimate of drug-likeness (QED) is 0.228. The molecule has 0 heterocycles. The monoisotopic (exact) mass is 322 g/mol. The van der Waals surface area contributed by atoms with Gasteiger partial charge in [-0.2, -0.15) is 0 Å². The van der Waals surface area contributed by atoms with E-state index in [4.69, 9.17) is 11.6 Å². The van der Waals surface area contributed by atoms with Crippen LogP contribution >= 0.6 is 11.6 Å². The lowest BCUT2D eigenvalue weighted by Gasteiger charge is -2.34. The first-order valence-electron chi connectivity index (χ1n) is 8.32. The van der Waals surface area contributed by atoms with E-state index >= 15 is 0 Å². The number of rotatable bonds is 8. The second-order valence-corrected chi connectivity index (χ2v) is 7.60. The van der Waals surface area contributed by atoms with Gasteiger partial charge in [-0.3, -0.25) is 4.79 Å². The molecule has 0 bridgehead atoms. The molecule has 0 radical (unpaired) electrons. The van der Waals surface area contributed by atoms with Crippen molar-refractivity contribution in [3.8, 4) is 0 Å². The zero-order valence-corrected chi connectivity index (χ0v) is 15.4. The molecule has 1 aliphatic carbocycles. The molecule has 22 heavy (non-hydrogen) atoms. The van der Waals surface area contributed by atoms with Gasteiger partial charge in [0.05, 0.1) is 0 Å². The number of allylic oxidation sites excluding steroid dienone is 5. The number of carbonyl (C=O) groups excluding carboxylic acids is 1. The Labute approximate surface area is 141 Å². The fourth-order valence-electron chi connectivity index (χ4n) is 3.80. The normalized spacial score (nSPS) is 29.7. The molecule has 0 N–H and O–H groups in total. The Morgan fingerprint density at radius 2 is 2.00 bits per heavy atom. The maximum absolute atomic E-state index is 10.6. The lowest BCUT2D eigenvalue weighted by atomic mass is 9.70. The molecule has 2 heteroatoms. The molecule has 3 atom stereocenters. The topological polar surface area (TPSA) is 17.1 Å².